The smallest absolute Gasteiger partial charge is 0.347 e. The summed E-state index contributed by atoms with van der Waals surface area (Å²) in [5.41, 5.74) is -0.287. The molecule has 5 fully saturated rings. The minimum absolute atomic E-state index is 0.0124. The van der Waals surface area contributed by atoms with E-state index in [1.54, 1.807) is 0 Å². The molecule has 0 atom stereocenters. The van der Waals surface area contributed by atoms with Gasteiger partial charge in [-0.1, -0.05) is 26.3 Å². The van der Waals surface area contributed by atoms with Gasteiger partial charge in [0, 0.05) is 12.2 Å². The van der Waals surface area contributed by atoms with Crippen LogP contribution in [0.2, 0.25) is 0 Å². The molecule has 0 unspecified atom stereocenters. The molecule has 0 spiro atoms. The Bertz CT molecular complexity index is 2620. The minimum atomic E-state index is -0.864. The Balaban J connectivity index is 0.860. The molecule has 0 amide bonds. The predicted molar refractivity (Wildman–Crippen MR) is 298 cm³/mol. The highest BCUT2D eigenvalue weighted by molar-refractivity contribution is 5.96. The van der Waals surface area contributed by atoms with Crippen LogP contribution in [0, 0.1) is 59.2 Å². The molecule has 5 aliphatic carbocycles. The Hall–Kier alpha value is -7.90. The van der Waals surface area contributed by atoms with Crippen LogP contribution in [0.4, 0.5) is 0 Å². The molecule has 20 nitrogen and oxygen atoms in total. The van der Waals surface area contributed by atoms with Crippen molar-refractivity contribution in [1.82, 2.24) is 0 Å². The molecule has 5 aliphatic rings. The summed E-state index contributed by atoms with van der Waals surface area (Å²) >= 11 is 0. The van der Waals surface area contributed by atoms with Crippen molar-refractivity contribution in [1.29, 1.82) is 0 Å². The first-order chi connectivity index (χ1) is 40.3. The Labute approximate surface area is 488 Å². The van der Waals surface area contributed by atoms with E-state index in [1.807, 2.05) is 0 Å². The third-order valence-corrected chi connectivity index (χ3v) is 17.0. The van der Waals surface area contributed by atoms with Gasteiger partial charge in [-0.25, -0.2) is 19.2 Å². The van der Waals surface area contributed by atoms with E-state index in [0.717, 1.165) is 63.5 Å². The van der Waals surface area contributed by atoms with Crippen molar-refractivity contribution in [3.63, 3.8) is 0 Å². The monoisotopic (exact) mass is 1160 g/mol. The van der Waals surface area contributed by atoms with E-state index >= 15 is 0 Å². The highest BCUT2D eigenvalue weighted by Gasteiger charge is 2.39. The molecule has 0 aliphatic heterocycles. The summed E-state index contributed by atoms with van der Waals surface area (Å²) in [6.45, 7) is 16.0. The first kappa shape index (κ1) is 63.7. The summed E-state index contributed by atoms with van der Waals surface area (Å²) in [5, 5.41) is 0. The summed E-state index contributed by atoms with van der Waals surface area (Å²) in [4.78, 5) is 128. The fraction of sp³-hybridized carbons (Fsp3) is 0.531. The quantitative estimate of drug-likeness (QED) is 0.0265. The van der Waals surface area contributed by atoms with Crippen LogP contribution < -0.4 is 18.9 Å². The van der Waals surface area contributed by atoms with Gasteiger partial charge in [0.2, 0.25) is 13.6 Å². The number of carbonyl (C=O) groups excluding carboxylic acids is 10. The van der Waals surface area contributed by atoms with Crippen LogP contribution in [-0.4, -0.2) is 73.3 Å². The summed E-state index contributed by atoms with van der Waals surface area (Å²) in [5.74, 6) is -6.97. The number of allylic oxidation sites excluding steroid dienone is 2. The summed E-state index contributed by atoms with van der Waals surface area (Å²) < 4.78 is 53.5. The molecule has 2 aromatic carbocycles. The van der Waals surface area contributed by atoms with Crippen molar-refractivity contribution in [2.75, 3.05) is 13.6 Å². The molecular weight excluding hydrogens is 1090 g/mol. The number of hydrogen-bond donors (Lipinski definition) is 0. The van der Waals surface area contributed by atoms with Crippen molar-refractivity contribution >= 4 is 59.7 Å². The van der Waals surface area contributed by atoms with E-state index in [0.29, 0.717) is 75.0 Å². The molecule has 0 aromatic heterocycles. The van der Waals surface area contributed by atoms with Crippen molar-refractivity contribution in [2.24, 2.45) is 59.2 Å². The molecule has 5 saturated carbocycles. The van der Waals surface area contributed by atoms with Gasteiger partial charge >= 0.3 is 59.7 Å². The minimum Gasteiger partial charge on any atom is -0.428 e. The molecule has 0 bridgehead atoms. The lowest BCUT2D eigenvalue weighted by atomic mass is 9.69. The van der Waals surface area contributed by atoms with Gasteiger partial charge in [0.1, 0.15) is 34.1 Å². The zero-order valence-corrected chi connectivity index (χ0v) is 47.9. The van der Waals surface area contributed by atoms with Crippen LogP contribution in [0.5, 0.6) is 23.0 Å². The maximum Gasteiger partial charge on any atom is 0.347 e. The van der Waals surface area contributed by atoms with E-state index in [2.05, 4.69) is 26.3 Å². The van der Waals surface area contributed by atoms with Gasteiger partial charge < -0.3 is 47.4 Å². The lowest BCUT2D eigenvalue weighted by Crippen LogP contribution is -2.32. The van der Waals surface area contributed by atoms with E-state index in [4.69, 9.17) is 47.4 Å². The van der Waals surface area contributed by atoms with Gasteiger partial charge in [-0.05, 0) is 202 Å². The SMILES string of the molecule is C=CC(=O)OCOC(=O)C1CCC(C2CCC(C(=O)Oc3ccc(OC(=O)C4CCC(C(=O)Oc5ccc(OC(=O)C6CCC(C7CCC(C(=O)OCOC(=O)C=C)CC7)CC6)c(C(=O)OC(=C)C)c5)CC4)cc3C(=O)OC(=C)C)CC2)CC1. The van der Waals surface area contributed by atoms with Crippen LogP contribution >= 0.6 is 0 Å². The first-order valence-corrected chi connectivity index (χ1v) is 29.1. The molecule has 0 N–H and O–H groups in total. The average molecular weight is 1170 g/mol. The number of rotatable bonds is 22. The maximum absolute atomic E-state index is 13.6. The second-order valence-corrected chi connectivity index (χ2v) is 22.7. The lowest BCUT2D eigenvalue weighted by Gasteiger charge is -2.36. The maximum atomic E-state index is 13.6. The van der Waals surface area contributed by atoms with E-state index in [1.165, 1.54) is 50.2 Å². The lowest BCUT2D eigenvalue weighted by molar-refractivity contribution is -0.170. The van der Waals surface area contributed by atoms with Crippen LogP contribution in [0.15, 0.2) is 86.4 Å². The Kier molecular flexibility index (Phi) is 23.2. The van der Waals surface area contributed by atoms with Crippen LogP contribution in [-0.2, 0) is 66.8 Å². The fourth-order valence-corrected chi connectivity index (χ4v) is 12.4. The molecule has 0 saturated heterocycles. The number of carbonyl (C=O) groups is 10. The van der Waals surface area contributed by atoms with E-state index in [-0.39, 0.29) is 95.1 Å². The summed E-state index contributed by atoms with van der Waals surface area (Å²) in [6.07, 6.45) is 14.6. The van der Waals surface area contributed by atoms with Crippen LogP contribution in [0.25, 0.3) is 0 Å². The van der Waals surface area contributed by atoms with E-state index in [9.17, 15) is 47.9 Å². The number of hydrogen-bond acceptors (Lipinski definition) is 20. The predicted octanol–water partition coefficient (Wildman–Crippen LogP) is 10.9. The van der Waals surface area contributed by atoms with Gasteiger partial charge in [0.05, 0.1) is 47.0 Å². The topological polar surface area (TPSA) is 263 Å². The molecule has 0 heterocycles. The second kappa shape index (κ2) is 30.6. The zero-order valence-electron chi connectivity index (χ0n) is 47.9. The van der Waals surface area contributed by atoms with Gasteiger partial charge in [-0.2, -0.15) is 0 Å². The second-order valence-electron chi connectivity index (χ2n) is 22.7. The molecule has 20 heteroatoms. The Morgan fingerprint density at radius 3 is 0.917 bits per heavy atom. The van der Waals surface area contributed by atoms with Gasteiger partial charge in [0.25, 0.3) is 0 Å². The Morgan fingerprint density at radius 2 is 0.643 bits per heavy atom. The van der Waals surface area contributed by atoms with E-state index < -0.39 is 85.0 Å². The highest BCUT2D eigenvalue weighted by atomic mass is 16.7. The van der Waals surface area contributed by atoms with Gasteiger partial charge in [0.15, 0.2) is 0 Å². The van der Waals surface area contributed by atoms with Crippen LogP contribution in [0.3, 0.4) is 0 Å². The van der Waals surface area contributed by atoms with Crippen LogP contribution in [0.1, 0.15) is 163 Å². The standard InChI is InChI=1S/C64H76O20/c1-7-55(65)75-35-77-57(67)43-17-9-39(10-18-43)41-13-21-47(22-14-41)61(71)83-53-31-29-49(33-51(53)63(73)79-37(3)4)81-59(69)45-25-27-46(28-26-45)60(70)82-50-30-32-54(52(34-50)64(74)80-38(5)6)84-62(72)48-23-15-42(16-24-48)40-11-19-44(20-12-40)58(68)78-36-76-56(66)8-2/h7-8,29-34,39-48H,1-3,5,9-28,35-36H2,4,6H3. The third-order valence-electron chi connectivity index (χ3n) is 17.0. The van der Waals surface area contributed by atoms with Gasteiger partial charge in [-0.3, -0.25) is 28.8 Å². The summed E-state index contributed by atoms with van der Waals surface area (Å²) in [6, 6.07) is 8.15. The third kappa shape index (κ3) is 18.1. The molecule has 2 aromatic rings. The molecule has 452 valence electrons. The zero-order chi connectivity index (χ0) is 60.5. The fourth-order valence-electron chi connectivity index (χ4n) is 12.4. The number of esters is 10. The normalized spacial score (nSPS) is 24.8. The van der Waals surface area contributed by atoms with Crippen molar-refractivity contribution in [3.8, 4) is 23.0 Å². The van der Waals surface area contributed by atoms with Crippen molar-refractivity contribution in [2.45, 2.75) is 142 Å². The number of ether oxygens (including phenoxy) is 10. The first-order valence-electron chi connectivity index (χ1n) is 29.1. The molecule has 84 heavy (non-hydrogen) atoms. The van der Waals surface area contributed by atoms with Crippen molar-refractivity contribution < 1.29 is 95.3 Å². The average Bonchev–Trinajstić information content (AvgIpc) is 3.65. The highest BCUT2D eigenvalue weighted by Crippen LogP contribution is 2.44. The van der Waals surface area contributed by atoms with Gasteiger partial charge in [-0.15, -0.1) is 0 Å². The molecule has 7 rings (SSSR count). The largest absolute Gasteiger partial charge is 0.428 e. The Morgan fingerprint density at radius 1 is 0.381 bits per heavy atom. The summed E-state index contributed by atoms with van der Waals surface area (Å²) in [7, 11) is 0. The molecule has 0 radical (unpaired) electrons. The number of benzene rings is 2. The van der Waals surface area contributed by atoms with Crippen molar-refractivity contribution in [3.05, 3.63) is 97.5 Å². The molecular formula is C64H76O20.